The molecule has 6 heteroatoms. The predicted octanol–water partition coefficient (Wildman–Crippen LogP) is 2.48. The molecule has 1 aliphatic rings. The Morgan fingerprint density at radius 3 is 2.77 bits per heavy atom. The second kappa shape index (κ2) is 6.60. The van der Waals surface area contributed by atoms with Crippen molar-refractivity contribution in [2.45, 2.75) is 51.8 Å². The highest BCUT2D eigenvalue weighted by atomic mass is 16.6. The van der Waals surface area contributed by atoms with E-state index in [0.717, 1.165) is 18.7 Å². The van der Waals surface area contributed by atoms with Gasteiger partial charge < -0.3 is 9.64 Å². The first kappa shape index (κ1) is 16.7. The number of nitrogens with zero attached hydrogens (tertiary/aromatic N) is 4. The van der Waals surface area contributed by atoms with Crippen LogP contribution in [0, 0.1) is 0 Å². The minimum Gasteiger partial charge on any atom is -0.444 e. The maximum Gasteiger partial charge on any atom is 0.410 e. The molecule has 22 heavy (non-hydrogen) atoms. The molecule has 1 aromatic heterocycles. The second-order valence-electron chi connectivity index (χ2n) is 6.84. The van der Waals surface area contributed by atoms with Gasteiger partial charge in [-0.3, -0.25) is 14.9 Å². The summed E-state index contributed by atoms with van der Waals surface area (Å²) in [4.78, 5) is 24.7. The van der Waals surface area contributed by atoms with Gasteiger partial charge in [0.2, 0.25) is 0 Å². The average molecular weight is 306 g/mol. The van der Waals surface area contributed by atoms with Gasteiger partial charge in [-0.05, 0) is 41.2 Å². The van der Waals surface area contributed by atoms with E-state index < -0.39 is 5.60 Å². The van der Waals surface area contributed by atoms with Crippen LogP contribution in [0.1, 0.15) is 45.9 Å². The van der Waals surface area contributed by atoms with Crippen LogP contribution in [0.3, 0.4) is 0 Å². The standard InChI is InChI=1S/C16H26N4O2/c1-12(14-10-17-7-8-18-14)19(5)13-6-9-20(11-13)15(21)22-16(2,3)4/h7-8,10,12-13H,6,9,11H2,1-5H3/t12-,13-/m0/s1. The summed E-state index contributed by atoms with van der Waals surface area (Å²) in [5.74, 6) is 0. The zero-order valence-corrected chi connectivity index (χ0v) is 14.1. The van der Waals surface area contributed by atoms with Crippen molar-refractivity contribution in [3.63, 3.8) is 0 Å². The van der Waals surface area contributed by atoms with Gasteiger partial charge in [-0.1, -0.05) is 0 Å². The lowest BCUT2D eigenvalue weighted by atomic mass is 10.1. The van der Waals surface area contributed by atoms with E-state index in [2.05, 4.69) is 28.8 Å². The van der Waals surface area contributed by atoms with Crippen molar-refractivity contribution in [3.8, 4) is 0 Å². The lowest BCUT2D eigenvalue weighted by Crippen LogP contribution is -2.40. The minimum atomic E-state index is -0.450. The zero-order chi connectivity index (χ0) is 16.3. The molecular formula is C16H26N4O2. The first-order valence-corrected chi connectivity index (χ1v) is 7.73. The molecule has 1 amide bonds. The molecule has 0 spiro atoms. The molecule has 1 aliphatic heterocycles. The first-order chi connectivity index (χ1) is 10.3. The van der Waals surface area contributed by atoms with E-state index in [4.69, 9.17) is 4.74 Å². The largest absolute Gasteiger partial charge is 0.444 e. The Hall–Kier alpha value is -1.69. The first-order valence-electron chi connectivity index (χ1n) is 7.73. The summed E-state index contributed by atoms with van der Waals surface area (Å²) < 4.78 is 5.44. The van der Waals surface area contributed by atoms with Crippen molar-refractivity contribution in [2.75, 3.05) is 20.1 Å². The fourth-order valence-corrected chi connectivity index (χ4v) is 2.62. The van der Waals surface area contributed by atoms with Gasteiger partial charge in [0.1, 0.15) is 5.60 Å². The maximum absolute atomic E-state index is 12.1. The molecule has 2 atom stereocenters. The van der Waals surface area contributed by atoms with Crippen molar-refractivity contribution in [1.29, 1.82) is 0 Å². The molecule has 0 aliphatic carbocycles. The molecule has 0 saturated carbocycles. The Balaban J connectivity index is 1.94. The number of hydrogen-bond acceptors (Lipinski definition) is 5. The van der Waals surface area contributed by atoms with Gasteiger partial charge in [0.15, 0.2) is 0 Å². The number of aromatic nitrogens is 2. The molecule has 0 radical (unpaired) electrons. The molecule has 1 saturated heterocycles. The van der Waals surface area contributed by atoms with Crippen molar-refractivity contribution in [2.24, 2.45) is 0 Å². The van der Waals surface area contributed by atoms with E-state index >= 15 is 0 Å². The molecule has 0 N–H and O–H groups in total. The smallest absolute Gasteiger partial charge is 0.410 e. The van der Waals surface area contributed by atoms with Crippen molar-refractivity contribution in [3.05, 3.63) is 24.3 Å². The van der Waals surface area contributed by atoms with Gasteiger partial charge in [-0.25, -0.2) is 4.79 Å². The number of likely N-dealkylation sites (tertiary alicyclic amines) is 1. The lowest BCUT2D eigenvalue weighted by molar-refractivity contribution is 0.0278. The second-order valence-corrected chi connectivity index (χ2v) is 6.84. The molecule has 2 heterocycles. The summed E-state index contributed by atoms with van der Waals surface area (Å²) in [6.45, 7) is 9.20. The van der Waals surface area contributed by atoms with Crippen LogP contribution in [-0.4, -0.2) is 57.6 Å². The molecule has 122 valence electrons. The van der Waals surface area contributed by atoms with Crippen LogP contribution >= 0.6 is 0 Å². The van der Waals surface area contributed by atoms with Gasteiger partial charge in [0.25, 0.3) is 0 Å². The van der Waals surface area contributed by atoms with E-state index in [1.54, 1.807) is 23.5 Å². The highest BCUT2D eigenvalue weighted by Crippen LogP contribution is 2.24. The van der Waals surface area contributed by atoms with Crippen LogP contribution in [0.4, 0.5) is 4.79 Å². The highest BCUT2D eigenvalue weighted by Gasteiger charge is 2.33. The van der Waals surface area contributed by atoms with Crippen LogP contribution < -0.4 is 0 Å². The monoisotopic (exact) mass is 306 g/mol. The number of carbonyl (C=O) groups excluding carboxylic acids is 1. The van der Waals surface area contributed by atoms with Crippen LogP contribution in [0.2, 0.25) is 0 Å². The normalized spacial score (nSPS) is 20.3. The maximum atomic E-state index is 12.1. The molecule has 1 aromatic rings. The Labute approximate surface area is 132 Å². The Morgan fingerprint density at radius 2 is 2.18 bits per heavy atom. The summed E-state index contributed by atoms with van der Waals surface area (Å²) in [6.07, 6.45) is 5.90. The summed E-state index contributed by atoms with van der Waals surface area (Å²) in [7, 11) is 2.07. The summed E-state index contributed by atoms with van der Waals surface area (Å²) in [5.41, 5.74) is 0.495. The number of rotatable bonds is 3. The van der Waals surface area contributed by atoms with E-state index in [-0.39, 0.29) is 12.1 Å². The molecule has 2 rings (SSSR count). The van der Waals surface area contributed by atoms with Gasteiger partial charge >= 0.3 is 6.09 Å². The summed E-state index contributed by atoms with van der Waals surface area (Å²) >= 11 is 0. The number of hydrogen-bond donors (Lipinski definition) is 0. The average Bonchev–Trinajstić information content (AvgIpc) is 2.95. The van der Waals surface area contributed by atoms with Gasteiger partial charge in [0.05, 0.1) is 11.7 Å². The van der Waals surface area contributed by atoms with Gasteiger partial charge in [0, 0.05) is 37.7 Å². The Bertz CT molecular complexity index is 501. The summed E-state index contributed by atoms with van der Waals surface area (Å²) in [5, 5.41) is 0. The van der Waals surface area contributed by atoms with E-state index in [9.17, 15) is 4.79 Å². The minimum absolute atomic E-state index is 0.164. The van der Waals surface area contributed by atoms with E-state index in [0.29, 0.717) is 12.6 Å². The van der Waals surface area contributed by atoms with Crippen molar-refractivity contribution in [1.82, 2.24) is 19.8 Å². The molecule has 0 unspecified atom stereocenters. The van der Waals surface area contributed by atoms with Crippen molar-refractivity contribution < 1.29 is 9.53 Å². The Morgan fingerprint density at radius 1 is 1.45 bits per heavy atom. The molecule has 6 nitrogen and oxygen atoms in total. The fraction of sp³-hybridized carbons (Fsp3) is 0.688. The number of carbonyl (C=O) groups is 1. The quantitative estimate of drug-likeness (QED) is 0.858. The van der Waals surface area contributed by atoms with Gasteiger partial charge in [-0.15, -0.1) is 0 Å². The third kappa shape index (κ3) is 4.16. The van der Waals surface area contributed by atoms with Crippen LogP contribution in [0.25, 0.3) is 0 Å². The number of amides is 1. The zero-order valence-electron chi connectivity index (χ0n) is 14.1. The van der Waals surface area contributed by atoms with E-state index in [1.165, 1.54) is 0 Å². The lowest BCUT2D eigenvalue weighted by Gasteiger charge is -2.30. The predicted molar refractivity (Wildman–Crippen MR) is 84.4 cm³/mol. The molecule has 0 bridgehead atoms. The molecule has 1 fully saturated rings. The van der Waals surface area contributed by atoms with Crippen LogP contribution in [0.15, 0.2) is 18.6 Å². The molecular weight excluding hydrogens is 280 g/mol. The molecule has 0 aromatic carbocycles. The fourth-order valence-electron chi connectivity index (χ4n) is 2.62. The van der Waals surface area contributed by atoms with E-state index in [1.807, 2.05) is 20.8 Å². The highest BCUT2D eigenvalue weighted by molar-refractivity contribution is 5.68. The van der Waals surface area contributed by atoms with Crippen molar-refractivity contribution >= 4 is 6.09 Å². The third-order valence-corrected chi connectivity index (χ3v) is 4.01. The number of likely N-dealkylation sites (N-methyl/N-ethyl adjacent to an activating group) is 1. The Kier molecular flexibility index (Phi) is 5.01. The van der Waals surface area contributed by atoms with Crippen LogP contribution in [0.5, 0.6) is 0 Å². The van der Waals surface area contributed by atoms with Gasteiger partial charge in [-0.2, -0.15) is 0 Å². The summed E-state index contributed by atoms with van der Waals surface area (Å²) in [6, 6.07) is 0.474. The SMILES string of the molecule is C[C@@H](c1cnccn1)N(C)[C@H]1CCN(C(=O)OC(C)(C)C)C1. The number of ether oxygens (including phenoxy) is 1. The topological polar surface area (TPSA) is 58.6 Å². The third-order valence-electron chi connectivity index (χ3n) is 4.01. The van der Waals surface area contributed by atoms with Crippen LogP contribution in [-0.2, 0) is 4.74 Å².